The van der Waals surface area contributed by atoms with Crippen LogP contribution in [0.5, 0.6) is 0 Å². The standard InChI is InChI=1S/C13H17N3O5/c1-9(2)4-3-5-14-13(17)10-6-11(15(18)19)8-12(7-10)16(20)21/h6-9H,3-5H2,1-2H3,(H,14,17). The summed E-state index contributed by atoms with van der Waals surface area (Å²) in [5.41, 5.74) is -1.03. The van der Waals surface area contributed by atoms with Crippen molar-refractivity contribution in [3.63, 3.8) is 0 Å². The normalized spacial score (nSPS) is 10.4. The molecule has 1 aromatic carbocycles. The molecule has 114 valence electrons. The molecular formula is C13H17N3O5. The fourth-order valence-corrected chi connectivity index (χ4v) is 1.75. The minimum absolute atomic E-state index is 0.0829. The minimum Gasteiger partial charge on any atom is -0.352 e. The third kappa shape index (κ3) is 5.17. The predicted octanol–water partition coefficient (Wildman–Crippen LogP) is 2.67. The highest BCUT2D eigenvalue weighted by Crippen LogP contribution is 2.22. The molecule has 0 atom stereocenters. The Kier molecular flexibility index (Phi) is 5.77. The molecule has 0 aliphatic rings. The van der Waals surface area contributed by atoms with Crippen LogP contribution in [-0.2, 0) is 0 Å². The molecule has 0 fully saturated rings. The van der Waals surface area contributed by atoms with Gasteiger partial charge in [-0.05, 0) is 18.8 Å². The van der Waals surface area contributed by atoms with E-state index in [-0.39, 0.29) is 5.56 Å². The summed E-state index contributed by atoms with van der Waals surface area (Å²) in [4.78, 5) is 31.8. The molecule has 21 heavy (non-hydrogen) atoms. The monoisotopic (exact) mass is 295 g/mol. The van der Waals surface area contributed by atoms with E-state index in [2.05, 4.69) is 19.2 Å². The van der Waals surface area contributed by atoms with E-state index in [0.29, 0.717) is 12.5 Å². The maximum Gasteiger partial charge on any atom is 0.277 e. The average molecular weight is 295 g/mol. The molecule has 0 aliphatic carbocycles. The molecule has 0 aromatic heterocycles. The van der Waals surface area contributed by atoms with Crippen molar-refractivity contribution in [2.45, 2.75) is 26.7 Å². The van der Waals surface area contributed by atoms with E-state index >= 15 is 0 Å². The Bertz CT molecular complexity index is 524. The number of amides is 1. The van der Waals surface area contributed by atoms with Crippen LogP contribution in [0, 0.1) is 26.1 Å². The topological polar surface area (TPSA) is 115 Å². The summed E-state index contributed by atoms with van der Waals surface area (Å²) in [5, 5.41) is 24.1. The second-order valence-electron chi connectivity index (χ2n) is 5.04. The van der Waals surface area contributed by atoms with Crippen LogP contribution in [-0.4, -0.2) is 22.3 Å². The number of hydrogen-bond donors (Lipinski definition) is 1. The molecule has 0 saturated carbocycles. The molecule has 8 heteroatoms. The minimum atomic E-state index is -0.761. The van der Waals surface area contributed by atoms with E-state index in [1.807, 2.05) is 0 Å². The molecule has 0 spiro atoms. The van der Waals surface area contributed by atoms with Gasteiger partial charge in [0, 0.05) is 18.7 Å². The van der Waals surface area contributed by atoms with Gasteiger partial charge in [0.25, 0.3) is 17.3 Å². The summed E-state index contributed by atoms with van der Waals surface area (Å²) in [6, 6.07) is 2.89. The Morgan fingerprint density at radius 3 is 2.10 bits per heavy atom. The van der Waals surface area contributed by atoms with Crippen LogP contribution in [0.2, 0.25) is 0 Å². The lowest BCUT2D eigenvalue weighted by molar-refractivity contribution is -0.394. The van der Waals surface area contributed by atoms with Gasteiger partial charge in [-0.3, -0.25) is 25.0 Å². The highest BCUT2D eigenvalue weighted by molar-refractivity contribution is 5.95. The summed E-state index contributed by atoms with van der Waals surface area (Å²) in [7, 11) is 0. The van der Waals surface area contributed by atoms with Crippen LogP contribution in [0.15, 0.2) is 18.2 Å². The van der Waals surface area contributed by atoms with E-state index in [4.69, 9.17) is 0 Å². The van der Waals surface area contributed by atoms with Crippen molar-refractivity contribution in [1.29, 1.82) is 0 Å². The summed E-state index contributed by atoms with van der Waals surface area (Å²) in [6.45, 7) is 4.55. The lowest BCUT2D eigenvalue weighted by atomic mass is 10.1. The molecule has 0 aliphatic heterocycles. The van der Waals surface area contributed by atoms with Gasteiger partial charge in [-0.25, -0.2) is 0 Å². The van der Waals surface area contributed by atoms with Gasteiger partial charge in [-0.1, -0.05) is 13.8 Å². The third-order valence-corrected chi connectivity index (χ3v) is 2.83. The van der Waals surface area contributed by atoms with Gasteiger partial charge in [0.2, 0.25) is 0 Å². The predicted molar refractivity (Wildman–Crippen MR) is 76.2 cm³/mol. The Morgan fingerprint density at radius 2 is 1.67 bits per heavy atom. The number of hydrogen-bond acceptors (Lipinski definition) is 5. The van der Waals surface area contributed by atoms with Gasteiger partial charge in [-0.15, -0.1) is 0 Å². The fourth-order valence-electron chi connectivity index (χ4n) is 1.75. The zero-order valence-corrected chi connectivity index (χ0v) is 11.9. The molecule has 0 saturated heterocycles. The van der Waals surface area contributed by atoms with Crippen molar-refractivity contribution in [2.24, 2.45) is 5.92 Å². The molecule has 1 aromatic rings. The molecule has 0 radical (unpaired) electrons. The molecule has 8 nitrogen and oxygen atoms in total. The first kappa shape index (κ1) is 16.5. The smallest absolute Gasteiger partial charge is 0.277 e. The van der Waals surface area contributed by atoms with Crippen LogP contribution in [0.4, 0.5) is 11.4 Å². The molecule has 0 unspecified atom stereocenters. The summed E-state index contributed by atoms with van der Waals surface area (Å²) < 4.78 is 0. The first-order valence-corrected chi connectivity index (χ1v) is 6.53. The Morgan fingerprint density at radius 1 is 1.14 bits per heavy atom. The van der Waals surface area contributed by atoms with Gasteiger partial charge in [0.1, 0.15) is 0 Å². The van der Waals surface area contributed by atoms with Crippen molar-refractivity contribution in [2.75, 3.05) is 6.54 Å². The Labute approximate surface area is 121 Å². The van der Waals surface area contributed by atoms with Gasteiger partial charge in [0.05, 0.1) is 21.5 Å². The lowest BCUT2D eigenvalue weighted by Crippen LogP contribution is -2.24. The SMILES string of the molecule is CC(C)CCCNC(=O)c1cc([N+](=O)[O-])cc([N+](=O)[O-])c1. The number of non-ortho nitro benzene ring substituents is 2. The molecule has 0 heterocycles. The largest absolute Gasteiger partial charge is 0.352 e. The lowest BCUT2D eigenvalue weighted by Gasteiger charge is -2.07. The van der Waals surface area contributed by atoms with E-state index in [1.165, 1.54) is 0 Å². The maximum atomic E-state index is 11.9. The number of rotatable bonds is 7. The van der Waals surface area contributed by atoms with Crippen LogP contribution >= 0.6 is 0 Å². The van der Waals surface area contributed by atoms with E-state index in [1.54, 1.807) is 0 Å². The first-order chi connectivity index (χ1) is 9.81. The van der Waals surface area contributed by atoms with Gasteiger partial charge in [-0.2, -0.15) is 0 Å². The summed E-state index contributed by atoms with van der Waals surface area (Å²) >= 11 is 0. The third-order valence-electron chi connectivity index (χ3n) is 2.83. The van der Waals surface area contributed by atoms with E-state index < -0.39 is 27.1 Å². The van der Waals surface area contributed by atoms with Crippen LogP contribution in [0.25, 0.3) is 0 Å². The average Bonchev–Trinajstić information content (AvgIpc) is 2.42. The van der Waals surface area contributed by atoms with E-state index in [0.717, 1.165) is 31.0 Å². The Hall–Kier alpha value is -2.51. The fraction of sp³-hybridized carbons (Fsp3) is 0.462. The molecule has 0 bridgehead atoms. The number of carbonyl (C=O) groups excluding carboxylic acids is 1. The van der Waals surface area contributed by atoms with Gasteiger partial charge >= 0.3 is 0 Å². The van der Waals surface area contributed by atoms with Crippen molar-refractivity contribution in [1.82, 2.24) is 5.32 Å². The zero-order chi connectivity index (χ0) is 16.0. The van der Waals surface area contributed by atoms with Crippen molar-refractivity contribution in [3.8, 4) is 0 Å². The number of nitrogens with one attached hydrogen (secondary N) is 1. The first-order valence-electron chi connectivity index (χ1n) is 6.53. The number of nitro groups is 2. The zero-order valence-electron chi connectivity index (χ0n) is 11.9. The second kappa shape index (κ2) is 7.32. The maximum absolute atomic E-state index is 11.9. The molecule has 1 amide bonds. The second-order valence-corrected chi connectivity index (χ2v) is 5.04. The molecular weight excluding hydrogens is 278 g/mol. The quantitative estimate of drug-likeness (QED) is 0.471. The van der Waals surface area contributed by atoms with Gasteiger partial charge in [0.15, 0.2) is 0 Å². The summed E-state index contributed by atoms with van der Waals surface area (Å²) in [5.74, 6) is -0.0358. The molecule has 1 rings (SSSR count). The van der Waals surface area contributed by atoms with Gasteiger partial charge < -0.3 is 5.32 Å². The van der Waals surface area contributed by atoms with Crippen LogP contribution in [0.3, 0.4) is 0 Å². The Balaban J connectivity index is 2.83. The number of carbonyl (C=O) groups is 1. The van der Waals surface area contributed by atoms with E-state index in [9.17, 15) is 25.0 Å². The number of nitrogens with zero attached hydrogens (tertiary/aromatic N) is 2. The van der Waals surface area contributed by atoms with Crippen molar-refractivity contribution >= 4 is 17.3 Å². The van der Waals surface area contributed by atoms with Crippen LogP contribution in [0.1, 0.15) is 37.0 Å². The summed E-state index contributed by atoms with van der Waals surface area (Å²) in [6.07, 6.45) is 1.72. The number of benzene rings is 1. The van der Waals surface area contributed by atoms with Crippen LogP contribution < -0.4 is 5.32 Å². The van der Waals surface area contributed by atoms with Crippen molar-refractivity contribution < 1.29 is 14.6 Å². The highest BCUT2D eigenvalue weighted by atomic mass is 16.6. The number of nitro benzene ring substituents is 2. The van der Waals surface area contributed by atoms with Crippen molar-refractivity contribution in [3.05, 3.63) is 44.0 Å². The molecule has 1 N–H and O–H groups in total. The highest BCUT2D eigenvalue weighted by Gasteiger charge is 2.19.